The van der Waals surface area contributed by atoms with E-state index in [1.807, 2.05) is 19.9 Å². The third kappa shape index (κ3) is 4.82. The van der Waals surface area contributed by atoms with Crippen LogP contribution >= 0.6 is 0 Å². The van der Waals surface area contributed by atoms with E-state index < -0.39 is 12.3 Å². The molecule has 114 valence electrons. The van der Waals surface area contributed by atoms with Crippen molar-refractivity contribution in [2.75, 3.05) is 0 Å². The molecular formula is C16H23F3O. The molecule has 0 aliphatic carbocycles. The minimum Gasteiger partial charge on any atom is -0.379 e. The zero-order valence-corrected chi connectivity index (χ0v) is 12.1. The van der Waals surface area contributed by atoms with Crippen molar-refractivity contribution in [3.63, 3.8) is 0 Å². The molecule has 0 spiro atoms. The summed E-state index contributed by atoms with van der Waals surface area (Å²) in [5.41, 5.74) is 1.50. The fourth-order valence-corrected chi connectivity index (χ4v) is 2.21. The van der Waals surface area contributed by atoms with E-state index in [0.29, 0.717) is 12.0 Å². The van der Waals surface area contributed by atoms with Gasteiger partial charge in [-0.25, -0.2) is 0 Å². The van der Waals surface area contributed by atoms with Crippen LogP contribution in [0.4, 0.5) is 13.2 Å². The van der Waals surface area contributed by atoms with Crippen LogP contribution in [0.5, 0.6) is 0 Å². The molecule has 1 aromatic rings. The van der Waals surface area contributed by atoms with E-state index in [2.05, 4.69) is 0 Å². The second-order valence-corrected chi connectivity index (χ2v) is 5.18. The van der Waals surface area contributed by atoms with Gasteiger partial charge in [-0.05, 0) is 42.4 Å². The summed E-state index contributed by atoms with van der Waals surface area (Å²) in [6.07, 6.45) is -1.98. The van der Waals surface area contributed by atoms with Gasteiger partial charge in [0.05, 0.1) is 0 Å². The monoisotopic (exact) mass is 288 g/mol. The minimum atomic E-state index is -4.61. The molecule has 1 unspecified atom stereocenters. The van der Waals surface area contributed by atoms with Crippen molar-refractivity contribution in [1.29, 1.82) is 0 Å². The van der Waals surface area contributed by atoms with Crippen molar-refractivity contribution in [3.05, 3.63) is 34.9 Å². The first-order valence-corrected chi connectivity index (χ1v) is 7.26. The summed E-state index contributed by atoms with van der Waals surface area (Å²) in [5, 5.41) is 9.56. The van der Waals surface area contributed by atoms with Crippen LogP contribution in [0.2, 0.25) is 0 Å². The maximum absolute atomic E-state index is 12.8. The van der Waals surface area contributed by atoms with Gasteiger partial charge in [0, 0.05) is 0 Å². The zero-order chi connectivity index (χ0) is 15.2. The number of benzene rings is 1. The maximum Gasteiger partial charge on any atom is 0.418 e. The van der Waals surface area contributed by atoms with Gasteiger partial charge in [-0.3, -0.25) is 0 Å². The Kier molecular flexibility index (Phi) is 6.53. The number of rotatable bonds is 7. The molecule has 0 fully saturated rings. The van der Waals surface area contributed by atoms with Gasteiger partial charge in [0.1, 0.15) is 0 Å². The molecule has 0 aromatic heterocycles. The number of hydrogen-bond donors (Lipinski definition) is 1. The van der Waals surface area contributed by atoms with E-state index in [9.17, 15) is 18.3 Å². The van der Waals surface area contributed by atoms with Crippen LogP contribution in [0, 0.1) is 0 Å². The largest absolute Gasteiger partial charge is 0.418 e. The average Bonchev–Trinajstić information content (AvgIpc) is 2.41. The average molecular weight is 288 g/mol. The van der Waals surface area contributed by atoms with Gasteiger partial charge in [0.2, 0.25) is 0 Å². The predicted octanol–water partition coefficient (Wildman–Crippen LogP) is 4.97. The lowest BCUT2D eigenvalue weighted by molar-refractivity contribution is -0.207. The summed E-state index contributed by atoms with van der Waals surface area (Å²) in [6, 6.07) is 5.15. The number of alkyl halides is 3. The highest BCUT2D eigenvalue weighted by Crippen LogP contribution is 2.35. The van der Waals surface area contributed by atoms with Gasteiger partial charge in [0.15, 0.2) is 6.10 Å². The molecule has 0 saturated heterocycles. The fourth-order valence-electron chi connectivity index (χ4n) is 2.21. The summed E-state index contributed by atoms with van der Waals surface area (Å²) in [4.78, 5) is 0. The molecule has 1 rings (SSSR count). The second kappa shape index (κ2) is 7.67. The SMILES string of the molecule is CCCCc1ccc(CCCC)c(C(O)C(F)(F)F)c1. The van der Waals surface area contributed by atoms with Gasteiger partial charge in [-0.1, -0.05) is 44.9 Å². The summed E-state index contributed by atoms with van der Waals surface area (Å²) < 4.78 is 38.3. The molecule has 1 aromatic carbocycles. The summed E-state index contributed by atoms with van der Waals surface area (Å²) in [5.74, 6) is 0. The molecule has 0 bridgehead atoms. The van der Waals surface area contributed by atoms with Gasteiger partial charge >= 0.3 is 6.18 Å². The number of aliphatic hydroxyl groups excluding tert-OH is 1. The van der Waals surface area contributed by atoms with Crippen molar-refractivity contribution in [1.82, 2.24) is 0 Å². The fraction of sp³-hybridized carbons (Fsp3) is 0.625. The quantitative estimate of drug-likeness (QED) is 0.751. The molecule has 0 saturated carbocycles. The van der Waals surface area contributed by atoms with Gasteiger partial charge in [-0.15, -0.1) is 0 Å². The van der Waals surface area contributed by atoms with Crippen molar-refractivity contribution in [3.8, 4) is 0 Å². The highest BCUT2D eigenvalue weighted by Gasteiger charge is 2.40. The van der Waals surface area contributed by atoms with E-state index >= 15 is 0 Å². The van der Waals surface area contributed by atoms with Crippen LogP contribution < -0.4 is 0 Å². The molecule has 0 heterocycles. The standard InChI is InChI=1S/C16H23F3O/c1-3-5-7-12-9-10-13(8-6-4-2)14(11-12)15(20)16(17,18)19/h9-11,15,20H,3-8H2,1-2H3. The third-order valence-electron chi connectivity index (χ3n) is 3.43. The summed E-state index contributed by atoms with van der Waals surface area (Å²) >= 11 is 0. The van der Waals surface area contributed by atoms with Crippen LogP contribution in [0.3, 0.4) is 0 Å². The minimum absolute atomic E-state index is 0.0274. The van der Waals surface area contributed by atoms with Crippen molar-refractivity contribution >= 4 is 0 Å². The molecule has 0 aliphatic rings. The van der Waals surface area contributed by atoms with E-state index in [0.717, 1.165) is 37.7 Å². The Morgan fingerprint density at radius 1 is 1.05 bits per heavy atom. The van der Waals surface area contributed by atoms with Crippen molar-refractivity contribution in [2.24, 2.45) is 0 Å². The van der Waals surface area contributed by atoms with Gasteiger partial charge in [0.25, 0.3) is 0 Å². The molecule has 1 atom stereocenters. The van der Waals surface area contributed by atoms with Gasteiger partial charge < -0.3 is 5.11 Å². The van der Waals surface area contributed by atoms with E-state index in [4.69, 9.17) is 0 Å². The third-order valence-corrected chi connectivity index (χ3v) is 3.43. The lowest BCUT2D eigenvalue weighted by Gasteiger charge is -2.19. The van der Waals surface area contributed by atoms with Crippen molar-refractivity contribution in [2.45, 2.75) is 64.7 Å². The first-order valence-electron chi connectivity index (χ1n) is 7.26. The number of hydrogen-bond acceptors (Lipinski definition) is 1. The summed E-state index contributed by atoms with van der Waals surface area (Å²) in [7, 11) is 0. The van der Waals surface area contributed by atoms with Crippen molar-refractivity contribution < 1.29 is 18.3 Å². The lowest BCUT2D eigenvalue weighted by Crippen LogP contribution is -2.21. The zero-order valence-electron chi connectivity index (χ0n) is 12.1. The molecule has 1 N–H and O–H groups in total. The van der Waals surface area contributed by atoms with Crippen LogP contribution in [0.25, 0.3) is 0 Å². The maximum atomic E-state index is 12.8. The Balaban J connectivity index is 3.05. The number of aliphatic hydroxyl groups is 1. The Labute approximate surface area is 118 Å². The number of aryl methyl sites for hydroxylation is 2. The highest BCUT2D eigenvalue weighted by atomic mass is 19.4. The predicted molar refractivity (Wildman–Crippen MR) is 74.7 cm³/mol. The first kappa shape index (κ1) is 17.0. The Morgan fingerprint density at radius 3 is 2.20 bits per heavy atom. The van der Waals surface area contributed by atoms with Gasteiger partial charge in [-0.2, -0.15) is 13.2 Å². The first-order chi connectivity index (χ1) is 9.40. The van der Waals surface area contributed by atoms with Crippen LogP contribution in [-0.2, 0) is 12.8 Å². The number of halogens is 3. The van der Waals surface area contributed by atoms with Crippen LogP contribution in [0.1, 0.15) is 62.3 Å². The Hall–Kier alpha value is -1.03. The van der Waals surface area contributed by atoms with E-state index in [1.54, 1.807) is 6.07 Å². The molecule has 1 nitrogen and oxygen atoms in total. The van der Waals surface area contributed by atoms with Crippen LogP contribution in [-0.4, -0.2) is 11.3 Å². The molecule has 0 aliphatic heterocycles. The highest BCUT2D eigenvalue weighted by molar-refractivity contribution is 5.34. The molecule has 0 radical (unpaired) electrons. The molecular weight excluding hydrogens is 265 g/mol. The molecule has 4 heteroatoms. The van der Waals surface area contributed by atoms with Crippen LogP contribution in [0.15, 0.2) is 18.2 Å². The molecule has 20 heavy (non-hydrogen) atoms. The molecule has 0 amide bonds. The lowest BCUT2D eigenvalue weighted by atomic mass is 9.94. The van der Waals surface area contributed by atoms with E-state index in [1.165, 1.54) is 6.07 Å². The Bertz CT molecular complexity index is 413. The normalized spacial score (nSPS) is 13.5. The Morgan fingerprint density at radius 2 is 1.65 bits per heavy atom. The summed E-state index contributed by atoms with van der Waals surface area (Å²) in [6.45, 7) is 4.04. The topological polar surface area (TPSA) is 20.2 Å². The number of unbranched alkanes of at least 4 members (excludes halogenated alkanes) is 2. The smallest absolute Gasteiger partial charge is 0.379 e. The second-order valence-electron chi connectivity index (χ2n) is 5.18. The van der Waals surface area contributed by atoms with E-state index in [-0.39, 0.29) is 5.56 Å².